The molecule has 1 nitrogen and oxygen atoms in total. The Morgan fingerprint density at radius 2 is 2.00 bits per heavy atom. The first-order valence-electron chi connectivity index (χ1n) is 8.28. The highest BCUT2D eigenvalue weighted by Crippen LogP contribution is 2.50. The average molecular weight is 291 g/mol. The molecule has 0 heterocycles. The third-order valence-corrected chi connectivity index (χ3v) is 5.17. The van der Waals surface area contributed by atoms with Crippen molar-refractivity contribution in [2.45, 2.75) is 76.9 Å². The number of hydrogen-bond acceptors (Lipinski definition) is 1. The zero-order chi connectivity index (χ0) is 14.6. The maximum Gasteiger partial charge on any atom is 0.389 e. The van der Waals surface area contributed by atoms with Gasteiger partial charge in [0.1, 0.15) is 0 Å². The van der Waals surface area contributed by atoms with Crippen molar-refractivity contribution >= 4 is 0 Å². The first-order chi connectivity index (χ1) is 9.48. The van der Waals surface area contributed by atoms with E-state index in [1.807, 2.05) is 0 Å². The van der Waals surface area contributed by atoms with Crippen LogP contribution in [0, 0.1) is 17.8 Å². The normalized spacial score (nSPS) is 30.9. The summed E-state index contributed by atoms with van der Waals surface area (Å²) in [6.45, 7) is 3.04. The third kappa shape index (κ3) is 4.94. The summed E-state index contributed by atoms with van der Waals surface area (Å²) in [6, 6.07) is 0.293. The Morgan fingerprint density at radius 3 is 2.55 bits per heavy atom. The molecule has 0 aromatic heterocycles. The second-order valence-corrected chi connectivity index (χ2v) is 6.83. The van der Waals surface area contributed by atoms with Crippen LogP contribution in [0.2, 0.25) is 0 Å². The zero-order valence-corrected chi connectivity index (χ0v) is 12.5. The second kappa shape index (κ2) is 7.15. The number of rotatable bonds is 8. The van der Waals surface area contributed by atoms with Gasteiger partial charge in [-0.15, -0.1) is 0 Å². The van der Waals surface area contributed by atoms with Crippen molar-refractivity contribution in [1.82, 2.24) is 5.32 Å². The predicted octanol–water partition coefficient (Wildman–Crippen LogP) is 4.91. The summed E-state index contributed by atoms with van der Waals surface area (Å²) >= 11 is 0. The molecule has 2 bridgehead atoms. The van der Waals surface area contributed by atoms with Crippen LogP contribution in [0.15, 0.2) is 0 Å². The van der Waals surface area contributed by atoms with E-state index in [0.717, 1.165) is 37.1 Å². The molecule has 118 valence electrons. The van der Waals surface area contributed by atoms with Gasteiger partial charge in [-0.25, -0.2) is 0 Å². The summed E-state index contributed by atoms with van der Waals surface area (Å²) in [6.07, 6.45) is 3.92. The molecular formula is C16H28F3N. The highest BCUT2D eigenvalue weighted by molar-refractivity contribution is 4.91. The Balaban J connectivity index is 1.74. The smallest absolute Gasteiger partial charge is 0.314 e. The van der Waals surface area contributed by atoms with Gasteiger partial charge in [0.15, 0.2) is 0 Å². The Morgan fingerprint density at radius 1 is 1.20 bits per heavy atom. The van der Waals surface area contributed by atoms with E-state index in [-0.39, 0.29) is 6.42 Å². The summed E-state index contributed by atoms with van der Waals surface area (Å²) in [5.41, 5.74) is 0. The molecule has 2 aliphatic rings. The van der Waals surface area contributed by atoms with Gasteiger partial charge in [-0.05, 0) is 69.2 Å². The van der Waals surface area contributed by atoms with E-state index in [2.05, 4.69) is 12.2 Å². The van der Waals surface area contributed by atoms with Crippen LogP contribution in [-0.4, -0.2) is 18.8 Å². The maximum absolute atomic E-state index is 12.3. The summed E-state index contributed by atoms with van der Waals surface area (Å²) in [5, 5.41) is 3.47. The van der Waals surface area contributed by atoms with E-state index in [1.165, 1.54) is 25.7 Å². The van der Waals surface area contributed by atoms with E-state index in [4.69, 9.17) is 0 Å². The summed E-state index contributed by atoms with van der Waals surface area (Å²) in [4.78, 5) is 0. The van der Waals surface area contributed by atoms with E-state index >= 15 is 0 Å². The SMILES string of the molecule is CCCNC(CCCC(F)(F)F)CC1CC2CCC1C2. The van der Waals surface area contributed by atoms with Crippen molar-refractivity contribution < 1.29 is 13.2 Å². The van der Waals surface area contributed by atoms with Crippen LogP contribution in [0.3, 0.4) is 0 Å². The van der Waals surface area contributed by atoms with Gasteiger partial charge in [0, 0.05) is 12.5 Å². The number of hydrogen-bond donors (Lipinski definition) is 1. The summed E-state index contributed by atoms with van der Waals surface area (Å²) in [5.74, 6) is 2.56. The Labute approximate surface area is 120 Å². The minimum absolute atomic E-state index is 0.270. The molecule has 2 aliphatic carbocycles. The molecule has 2 saturated carbocycles. The Hall–Kier alpha value is -0.250. The third-order valence-electron chi connectivity index (χ3n) is 5.17. The molecule has 1 N–H and O–H groups in total. The molecule has 0 spiro atoms. The van der Waals surface area contributed by atoms with Gasteiger partial charge in [0.25, 0.3) is 0 Å². The molecule has 0 amide bonds. The van der Waals surface area contributed by atoms with Crippen molar-refractivity contribution in [1.29, 1.82) is 0 Å². The lowest BCUT2D eigenvalue weighted by Crippen LogP contribution is -2.33. The maximum atomic E-state index is 12.3. The van der Waals surface area contributed by atoms with Gasteiger partial charge in [0.05, 0.1) is 0 Å². The fraction of sp³-hybridized carbons (Fsp3) is 1.00. The van der Waals surface area contributed by atoms with Crippen molar-refractivity contribution in [3.8, 4) is 0 Å². The molecule has 0 saturated heterocycles. The van der Waals surface area contributed by atoms with Gasteiger partial charge in [-0.2, -0.15) is 13.2 Å². The van der Waals surface area contributed by atoms with Gasteiger partial charge in [0.2, 0.25) is 0 Å². The summed E-state index contributed by atoms with van der Waals surface area (Å²) in [7, 11) is 0. The highest BCUT2D eigenvalue weighted by Gasteiger charge is 2.40. The molecular weight excluding hydrogens is 263 g/mol. The van der Waals surface area contributed by atoms with Crippen LogP contribution >= 0.6 is 0 Å². The molecule has 0 aliphatic heterocycles. The van der Waals surface area contributed by atoms with Crippen LogP contribution in [0.5, 0.6) is 0 Å². The lowest BCUT2D eigenvalue weighted by atomic mass is 9.83. The van der Waals surface area contributed by atoms with Gasteiger partial charge >= 0.3 is 6.18 Å². The first kappa shape index (κ1) is 16.1. The molecule has 20 heavy (non-hydrogen) atoms. The molecule has 0 aromatic rings. The lowest BCUT2D eigenvalue weighted by molar-refractivity contribution is -0.135. The Kier molecular flexibility index (Phi) is 5.76. The molecule has 2 fully saturated rings. The van der Waals surface area contributed by atoms with Crippen molar-refractivity contribution in [3.05, 3.63) is 0 Å². The van der Waals surface area contributed by atoms with Crippen molar-refractivity contribution in [2.24, 2.45) is 17.8 Å². The first-order valence-corrected chi connectivity index (χ1v) is 8.28. The van der Waals surface area contributed by atoms with Gasteiger partial charge in [-0.1, -0.05) is 13.3 Å². The van der Waals surface area contributed by atoms with Gasteiger partial charge < -0.3 is 5.32 Å². The highest BCUT2D eigenvalue weighted by atomic mass is 19.4. The minimum atomic E-state index is -4.00. The fourth-order valence-corrected chi connectivity index (χ4v) is 4.23. The fourth-order valence-electron chi connectivity index (χ4n) is 4.23. The van der Waals surface area contributed by atoms with E-state index < -0.39 is 12.6 Å². The predicted molar refractivity (Wildman–Crippen MR) is 75.5 cm³/mol. The van der Waals surface area contributed by atoms with Crippen LogP contribution in [0.4, 0.5) is 13.2 Å². The standard InChI is InChI=1S/C16H28F3N/c1-2-8-20-15(4-3-7-16(17,18)19)11-14-10-12-5-6-13(14)9-12/h12-15,20H,2-11H2,1H3. The average Bonchev–Trinajstić information content (AvgIpc) is 2.96. The summed E-state index contributed by atoms with van der Waals surface area (Å²) < 4.78 is 36.8. The zero-order valence-electron chi connectivity index (χ0n) is 12.5. The molecule has 4 atom stereocenters. The Bertz CT molecular complexity index is 290. The monoisotopic (exact) mass is 291 g/mol. The second-order valence-electron chi connectivity index (χ2n) is 6.83. The van der Waals surface area contributed by atoms with Crippen molar-refractivity contribution in [3.63, 3.8) is 0 Å². The van der Waals surface area contributed by atoms with Crippen molar-refractivity contribution in [2.75, 3.05) is 6.54 Å². The number of fused-ring (bicyclic) bond motifs is 2. The minimum Gasteiger partial charge on any atom is -0.314 e. The molecule has 4 heteroatoms. The topological polar surface area (TPSA) is 12.0 Å². The van der Waals surface area contributed by atoms with Crippen LogP contribution < -0.4 is 5.32 Å². The van der Waals surface area contributed by atoms with Gasteiger partial charge in [-0.3, -0.25) is 0 Å². The van der Waals surface area contributed by atoms with E-state index in [9.17, 15) is 13.2 Å². The van der Waals surface area contributed by atoms with Crippen LogP contribution in [0.1, 0.15) is 64.7 Å². The molecule has 4 unspecified atom stereocenters. The van der Waals surface area contributed by atoms with Crippen LogP contribution in [0.25, 0.3) is 0 Å². The lowest BCUT2D eigenvalue weighted by Gasteiger charge is -2.27. The van der Waals surface area contributed by atoms with E-state index in [1.54, 1.807) is 0 Å². The largest absolute Gasteiger partial charge is 0.389 e. The quantitative estimate of drug-likeness (QED) is 0.669. The molecule has 0 radical (unpaired) electrons. The number of halogens is 3. The number of alkyl halides is 3. The van der Waals surface area contributed by atoms with E-state index in [0.29, 0.717) is 12.5 Å². The number of nitrogens with one attached hydrogen (secondary N) is 1. The van der Waals surface area contributed by atoms with Crippen LogP contribution in [-0.2, 0) is 0 Å². The molecule has 0 aromatic carbocycles. The molecule has 2 rings (SSSR count).